The van der Waals surface area contributed by atoms with Crippen molar-refractivity contribution in [1.29, 1.82) is 0 Å². The molecule has 0 N–H and O–H groups in total. The maximum atomic E-state index is 2.36. The first kappa shape index (κ1) is 9.51. The van der Waals surface area contributed by atoms with Gasteiger partial charge in [0, 0.05) is 0 Å². The van der Waals surface area contributed by atoms with Crippen LogP contribution < -0.4 is 0 Å². The number of allylic oxidation sites excluding steroid dienone is 8. The zero-order chi connectivity index (χ0) is 9.80. The molecule has 0 heteroatoms. The molecule has 0 saturated carbocycles. The second-order valence-electron chi connectivity index (χ2n) is 4.26. The van der Waals surface area contributed by atoms with Crippen LogP contribution in [0.4, 0.5) is 0 Å². The standard InChI is InChI=1S/C14H18/c1-12-6-5-9-14(10-12)11-13-7-3-2-4-8-13/h2-3,6-7,10H,4-5,8-9,11H2,1H3. The highest BCUT2D eigenvalue weighted by atomic mass is 14.1. The lowest BCUT2D eigenvalue weighted by molar-refractivity contribution is 0.843. The van der Waals surface area contributed by atoms with Crippen molar-refractivity contribution < 1.29 is 0 Å². The molecule has 0 amide bonds. The Kier molecular flexibility index (Phi) is 3.03. The maximum Gasteiger partial charge on any atom is -0.0102 e. The Hall–Kier alpha value is -1.04. The van der Waals surface area contributed by atoms with Crippen molar-refractivity contribution in [3.8, 4) is 0 Å². The lowest BCUT2D eigenvalue weighted by Gasteiger charge is -2.14. The largest absolute Gasteiger partial charge is 0.0842 e. The molecule has 0 saturated heterocycles. The molecule has 0 aromatic heterocycles. The van der Waals surface area contributed by atoms with E-state index >= 15 is 0 Å². The highest BCUT2D eigenvalue weighted by Gasteiger charge is 2.06. The van der Waals surface area contributed by atoms with Crippen molar-refractivity contribution in [3.63, 3.8) is 0 Å². The molecule has 74 valence electrons. The summed E-state index contributed by atoms with van der Waals surface area (Å²) in [5.74, 6) is 0. The Labute approximate surface area is 86.7 Å². The smallest absolute Gasteiger partial charge is 0.0102 e. The molecule has 2 aliphatic carbocycles. The van der Waals surface area contributed by atoms with Crippen molar-refractivity contribution in [2.45, 2.75) is 39.0 Å². The van der Waals surface area contributed by atoms with Gasteiger partial charge in [-0.15, -0.1) is 0 Å². The first-order chi connectivity index (χ1) is 6.84. The molecule has 0 spiro atoms. The molecule has 0 bridgehead atoms. The predicted octanol–water partition coefficient (Wildman–Crippen LogP) is 4.32. The van der Waals surface area contributed by atoms with Gasteiger partial charge in [0.25, 0.3) is 0 Å². The average Bonchev–Trinajstić information content (AvgIpc) is 2.19. The van der Waals surface area contributed by atoms with E-state index in [0.29, 0.717) is 0 Å². The van der Waals surface area contributed by atoms with Crippen molar-refractivity contribution in [2.75, 3.05) is 0 Å². The van der Waals surface area contributed by atoms with Gasteiger partial charge >= 0.3 is 0 Å². The fourth-order valence-electron chi connectivity index (χ4n) is 2.17. The molecule has 14 heavy (non-hydrogen) atoms. The highest BCUT2D eigenvalue weighted by Crippen LogP contribution is 2.26. The fourth-order valence-corrected chi connectivity index (χ4v) is 2.17. The lowest BCUT2D eigenvalue weighted by atomic mass is 9.91. The summed E-state index contributed by atoms with van der Waals surface area (Å²) in [6, 6.07) is 0. The van der Waals surface area contributed by atoms with Gasteiger partial charge in [0.1, 0.15) is 0 Å². The Morgan fingerprint density at radius 1 is 1.14 bits per heavy atom. The molecule has 0 aromatic carbocycles. The molecule has 2 aliphatic rings. The van der Waals surface area contributed by atoms with Gasteiger partial charge < -0.3 is 0 Å². The summed E-state index contributed by atoms with van der Waals surface area (Å²) in [4.78, 5) is 0. The Balaban J connectivity index is 2.00. The minimum atomic E-state index is 1.20. The van der Waals surface area contributed by atoms with Gasteiger partial charge in [0.05, 0.1) is 0 Å². The van der Waals surface area contributed by atoms with Crippen molar-refractivity contribution in [2.24, 2.45) is 0 Å². The first-order valence-corrected chi connectivity index (χ1v) is 5.55. The van der Waals surface area contributed by atoms with Crippen LogP contribution in [-0.2, 0) is 0 Å². The summed E-state index contributed by atoms with van der Waals surface area (Å²) in [7, 11) is 0. The summed E-state index contributed by atoms with van der Waals surface area (Å²) in [6.07, 6.45) is 17.6. The van der Waals surface area contributed by atoms with Crippen molar-refractivity contribution >= 4 is 0 Å². The normalized spacial score (nSPS) is 21.4. The fraction of sp³-hybridized carbons (Fsp3) is 0.429. The summed E-state index contributed by atoms with van der Waals surface area (Å²) in [6.45, 7) is 2.20. The van der Waals surface area contributed by atoms with Crippen LogP contribution in [0.3, 0.4) is 0 Å². The van der Waals surface area contributed by atoms with E-state index in [1.807, 2.05) is 0 Å². The Bertz CT molecular complexity index is 324. The molecular formula is C14H18. The number of hydrogen-bond acceptors (Lipinski definition) is 0. The van der Waals surface area contributed by atoms with Crippen LogP contribution in [-0.4, -0.2) is 0 Å². The van der Waals surface area contributed by atoms with Crippen LogP contribution in [0.1, 0.15) is 39.0 Å². The summed E-state index contributed by atoms with van der Waals surface area (Å²) in [5.41, 5.74) is 4.67. The number of rotatable bonds is 2. The van der Waals surface area contributed by atoms with Gasteiger partial charge in [-0.3, -0.25) is 0 Å². The topological polar surface area (TPSA) is 0 Å². The van der Waals surface area contributed by atoms with E-state index in [2.05, 4.69) is 37.3 Å². The van der Waals surface area contributed by atoms with Crippen LogP contribution in [0.25, 0.3) is 0 Å². The Morgan fingerprint density at radius 2 is 2.00 bits per heavy atom. The maximum absolute atomic E-state index is 2.36. The van der Waals surface area contributed by atoms with Crippen molar-refractivity contribution in [1.82, 2.24) is 0 Å². The molecule has 2 rings (SSSR count). The molecule has 0 nitrogen and oxygen atoms in total. The van der Waals surface area contributed by atoms with Crippen LogP contribution in [0.15, 0.2) is 47.1 Å². The van der Waals surface area contributed by atoms with Gasteiger partial charge in [-0.1, -0.05) is 47.1 Å². The van der Waals surface area contributed by atoms with E-state index in [-0.39, 0.29) is 0 Å². The van der Waals surface area contributed by atoms with Crippen LogP contribution in [0.5, 0.6) is 0 Å². The molecule has 0 heterocycles. The van der Waals surface area contributed by atoms with Crippen LogP contribution >= 0.6 is 0 Å². The minimum absolute atomic E-state index is 1.20. The van der Waals surface area contributed by atoms with Gasteiger partial charge in [-0.2, -0.15) is 0 Å². The molecule has 0 atom stereocenters. The van der Waals surface area contributed by atoms with E-state index in [1.165, 1.54) is 37.7 Å². The molecule has 0 aliphatic heterocycles. The van der Waals surface area contributed by atoms with Crippen molar-refractivity contribution in [3.05, 3.63) is 47.1 Å². The molecule has 0 aromatic rings. The van der Waals surface area contributed by atoms with Crippen LogP contribution in [0, 0.1) is 0 Å². The molecule has 0 unspecified atom stereocenters. The quantitative estimate of drug-likeness (QED) is 0.602. The van der Waals surface area contributed by atoms with E-state index in [1.54, 1.807) is 11.1 Å². The van der Waals surface area contributed by atoms with Crippen LogP contribution in [0.2, 0.25) is 0 Å². The second-order valence-corrected chi connectivity index (χ2v) is 4.26. The van der Waals surface area contributed by atoms with Gasteiger partial charge in [-0.05, 0) is 39.0 Å². The zero-order valence-corrected chi connectivity index (χ0v) is 8.92. The SMILES string of the molecule is CC1=CCCC(CC2=CC=CCC2)=C1. The lowest BCUT2D eigenvalue weighted by Crippen LogP contribution is -1.95. The van der Waals surface area contributed by atoms with E-state index < -0.39 is 0 Å². The van der Waals surface area contributed by atoms with E-state index in [4.69, 9.17) is 0 Å². The summed E-state index contributed by atoms with van der Waals surface area (Å²) in [5, 5.41) is 0. The molecular weight excluding hydrogens is 168 g/mol. The average molecular weight is 186 g/mol. The third-order valence-corrected chi connectivity index (χ3v) is 2.92. The highest BCUT2D eigenvalue weighted by molar-refractivity contribution is 5.31. The monoisotopic (exact) mass is 186 g/mol. The molecule has 0 radical (unpaired) electrons. The molecule has 0 fully saturated rings. The van der Waals surface area contributed by atoms with E-state index in [0.717, 1.165) is 0 Å². The predicted molar refractivity (Wildman–Crippen MR) is 62.1 cm³/mol. The minimum Gasteiger partial charge on any atom is -0.0842 e. The summed E-state index contributed by atoms with van der Waals surface area (Å²) >= 11 is 0. The number of hydrogen-bond donors (Lipinski definition) is 0. The Morgan fingerprint density at radius 3 is 2.71 bits per heavy atom. The van der Waals surface area contributed by atoms with Gasteiger partial charge in [-0.25, -0.2) is 0 Å². The third kappa shape index (κ3) is 2.47. The third-order valence-electron chi connectivity index (χ3n) is 2.92. The first-order valence-electron chi connectivity index (χ1n) is 5.55. The second kappa shape index (κ2) is 4.45. The summed E-state index contributed by atoms with van der Waals surface area (Å²) < 4.78 is 0. The zero-order valence-electron chi connectivity index (χ0n) is 8.92. The van der Waals surface area contributed by atoms with Gasteiger partial charge in [0.2, 0.25) is 0 Å². The van der Waals surface area contributed by atoms with E-state index in [9.17, 15) is 0 Å². The van der Waals surface area contributed by atoms with Gasteiger partial charge in [0.15, 0.2) is 0 Å².